The van der Waals surface area contributed by atoms with Gasteiger partial charge in [0.1, 0.15) is 29.1 Å². The van der Waals surface area contributed by atoms with E-state index in [1.165, 1.54) is 18.3 Å². The molecule has 0 spiro atoms. The van der Waals surface area contributed by atoms with Crippen LogP contribution in [0.1, 0.15) is 58.5 Å². The minimum Gasteiger partial charge on any atom is -0.490 e. The molecule has 1 aromatic heterocycles. The van der Waals surface area contributed by atoms with Crippen LogP contribution in [0.4, 0.5) is 4.39 Å². The van der Waals surface area contributed by atoms with E-state index in [4.69, 9.17) is 14.7 Å². The van der Waals surface area contributed by atoms with E-state index < -0.39 is 0 Å². The molecule has 1 aliphatic carbocycles. The third kappa shape index (κ3) is 6.71. The van der Waals surface area contributed by atoms with Gasteiger partial charge < -0.3 is 19.7 Å². The molecule has 2 aromatic carbocycles. The van der Waals surface area contributed by atoms with Crippen molar-refractivity contribution in [3.05, 3.63) is 89.5 Å². The Hall–Kier alpha value is -4.45. The number of rotatable bonds is 7. The highest BCUT2D eigenvalue weighted by Gasteiger charge is 2.29. The number of pyridine rings is 1. The SMILES string of the molecule is N#Cc1ccc(O[C@H]2CC[C@@H](NC(=O)c3ccc(C(=O)N4CC[C@H](Oc5ccc(F)cc5)C4)cn3)CC2)cc1. The Bertz CT molecular complexity index is 1330. The van der Waals surface area contributed by atoms with Crippen LogP contribution in [0, 0.1) is 17.1 Å². The predicted molar refractivity (Wildman–Crippen MR) is 141 cm³/mol. The van der Waals surface area contributed by atoms with E-state index in [0.717, 1.165) is 31.4 Å². The zero-order valence-corrected chi connectivity index (χ0v) is 21.4. The summed E-state index contributed by atoms with van der Waals surface area (Å²) in [6.07, 6.45) is 5.23. The zero-order valence-electron chi connectivity index (χ0n) is 21.4. The van der Waals surface area contributed by atoms with E-state index in [2.05, 4.69) is 16.4 Å². The summed E-state index contributed by atoms with van der Waals surface area (Å²) >= 11 is 0. The Morgan fingerprint density at radius 2 is 1.56 bits per heavy atom. The van der Waals surface area contributed by atoms with Crippen molar-refractivity contribution in [2.45, 2.75) is 50.4 Å². The fraction of sp³-hybridized carbons (Fsp3) is 0.333. The minimum absolute atomic E-state index is 0.0315. The molecule has 200 valence electrons. The topological polar surface area (TPSA) is 105 Å². The van der Waals surface area contributed by atoms with Crippen LogP contribution < -0.4 is 14.8 Å². The van der Waals surface area contributed by atoms with Gasteiger partial charge in [0.15, 0.2) is 0 Å². The number of likely N-dealkylation sites (tertiary alicyclic amines) is 1. The lowest BCUT2D eigenvalue weighted by Crippen LogP contribution is -2.40. The van der Waals surface area contributed by atoms with Gasteiger partial charge in [-0.25, -0.2) is 4.39 Å². The van der Waals surface area contributed by atoms with Gasteiger partial charge in [-0.2, -0.15) is 5.26 Å². The molecule has 1 N–H and O–H groups in total. The van der Waals surface area contributed by atoms with E-state index in [-0.39, 0.29) is 41.6 Å². The molecule has 2 fully saturated rings. The first kappa shape index (κ1) is 26.2. The maximum Gasteiger partial charge on any atom is 0.270 e. The van der Waals surface area contributed by atoms with Gasteiger partial charge in [0, 0.05) is 25.2 Å². The number of benzene rings is 2. The van der Waals surface area contributed by atoms with Gasteiger partial charge in [0.25, 0.3) is 11.8 Å². The molecule has 5 rings (SSSR count). The number of halogens is 1. The maximum atomic E-state index is 13.1. The molecular formula is C30H29FN4O4. The van der Waals surface area contributed by atoms with Gasteiger partial charge in [-0.1, -0.05) is 0 Å². The fourth-order valence-corrected chi connectivity index (χ4v) is 4.94. The molecule has 8 nitrogen and oxygen atoms in total. The summed E-state index contributed by atoms with van der Waals surface area (Å²) in [4.78, 5) is 31.6. The lowest BCUT2D eigenvalue weighted by atomic mass is 9.92. The molecule has 0 bridgehead atoms. The number of hydrogen-bond acceptors (Lipinski definition) is 6. The first-order valence-corrected chi connectivity index (χ1v) is 13.1. The number of nitriles is 1. The number of carbonyl (C=O) groups is 2. The summed E-state index contributed by atoms with van der Waals surface area (Å²) in [6.45, 7) is 0.973. The second kappa shape index (κ2) is 11.9. The molecule has 1 aliphatic heterocycles. The third-order valence-corrected chi connectivity index (χ3v) is 7.09. The Morgan fingerprint density at radius 3 is 2.21 bits per heavy atom. The van der Waals surface area contributed by atoms with Crippen LogP contribution in [-0.2, 0) is 0 Å². The lowest BCUT2D eigenvalue weighted by Gasteiger charge is -2.29. The highest BCUT2D eigenvalue weighted by molar-refractivity contribution is 5.96. The predicted octanol–water partition coefficient (Wildman–Crippen LogP) is 4.51. The molecule has 1 atom stereocenters. The van der Waals surface area contributed by atoms with Crippen molar-refractivity contribution in [3.63, 3.8) is 0 Å². The molecule has 1 saturated carbocycles. The standard InChI is InChI=1S/C30H29FN4O4/c31-22-4-10-25(11-5-22)39-27-15-16-35(19-27)30(37)21-3-14-28(33-18-21)29(36)34-23-6-12-26(13-7-23)38-24-8-1-20(17-32)2-9-24/h1-5,8-11,14,18,23,26-27H,6-7,12-13,15-16,19H2,(H,34,36)/t23-,26+,27-/m0/s1. The number of nitrogens with one attached hydrogen (secondary N) is 1. The summed E-state index contributed by atoms with van der Waals surface area (Å²) in [5.41, 5.74) is 1.27. The summed E-state index contributed by atoms with van der Waals surface area (Å²) < 4.78 is 25.0. The number of carbonyl (C=O) groups excluding carboxylic acids is 2. The molecule has 1 saturated heterocycles. The molecule has 39 heavy (non-hydrogen) atoms. The van der Waals surface area contributed by atoms with Gasteiger partial charge in [-0.05, 0) is 86.3 Å². The van der Waals surface area contributed by atoms with E-state index in [9.17, 15) is 14.0 Å². The summed E-state index contributed by atoms with van der Waals surface area (Å²) in [6, 6.07) is 18.2. The van der Waals surface area contributed by atoms with Crippen molar-refractivity contribution in [1.29, 1.82) is 5.26 Å². The number of hydrogen-bond donors (Lipinski definition) is 1. The van der Waals surface area contributed by atoms with Gasteiger partial charge in [-0.15, -0.1) is 0 Å². The molecule has 9 heteroatoms. The number of nitrogens with zero attached hydrogens (tertiary/aromatic N) is 3. The van der Waals surface area contributed by atoms with Gasteiger partial charge in [0.2, 0.25) is 0 Å². The smallest absolute Gasteiger partial charge is 0.270 e. The maximum absolute atomic E-state index is 13.1. The highest BCUT2D eigenvalue weighted by Crippen LogP contribution is 2.25. The number of ether oxygens (including phenoxy) is 2. The average Bonchev–Trinajstić information content (AvgIpc) is 3.44. The Kier molecular flexibility index (Phi) is 8.02. The van der Waals surface area contributed by atoms with Crippen LogP contribution in [0.15, 0.2) is 66.9 Å². The molecule has 2 aliphatic rings. The van der Waals surface area contributed by atoms with Crippen molar-refractivity contribution in [2.24, 2.45) is 0 Å². The van der Waals surface area contributed by atoms with Crippen LogP contribution in [0.3, 0.4) is 0 Å². The van der Waals surface area contributed by atoms with Crippen LogP contribution in [0.25, 0.3) is 0 Å². The van der Waals surface area contributed by atoms with Crippen molar-refractivity contribution in [1.82, 2.24) is 15.2 Å². The van der Waals surface area contributed by atoms with Crippen molar-refractivity contribution < 1.29 is 23.5 Å². The first-order chi connectivity index (χ1) is 19.0. The second-order valence-corrected chi connectivity index (χ2v) is 9.87. The lowest BCUT2D eigenvalue weighted by molar-refractivity contribution is 0.0771. The summed E-state index contributed by atoms with van der Waals surface area (Å²) in [5.74, 6) is 0.554. The van der Waals surface area contributed by atoms with E-state index in [1.54, 1.807) is 53.4 Å². The highest BCUT2D eigenvalue weighted by atomic mass is 19.1. The minimum atomic E-state index is -0.326. The second-order valence-electron chi connectivity index (χ2n) is 9.87. The van der Waals surface area contributed by atoms with E-state index in [1.807, 2.05) is 0 Å². The van der Waals surface area contributed by atoms with E-state index >= 15 is 0 Å². The van der Waals surface area contributed by atoms with Gasteiger partial charge in [0.05, 0.1) is 29.8 Å². The number of aromatic nitrogens is 1. The third-order valence-electron chi connectivity index (χ3n) is 7.09. The molecule has 2 heterocycles. The summed E-state index contributed by atoms with van der Waals surface area (Å²) in [7, 11) is 0. The van der Waals surface area contributed by atoms with Crippen molar-refractivity contribution >= 4 is 11.8 Å². The monoisotopic (exact) mass is 528 g/mol. The Morgan fingerprint density at radius 1 is 0.897 bits per heavy atom. The molecule has 3 aromatic rings. The van der Waals surface area contributed by atoms with Crippen LogP contribution >= 0.6 is 0 Å². The normalized spacial score (nSPS) is 20.6. The largest absolute Gasteiger partial charge is 0.490 e. The van der Waals surface area contributed by atoms with Crippen molar-refractivity contribution in [2.75, 3.05) is 13.1 Å². The van der Waals surface area contributed by atoms with E-state index in [0.29, 0.717) is 36.4 Å². The zero-order chi connectivity index (χ0) is 27.2. The van der Waals surface area contributed by atoms with Crippen LogP contribution in [0.2, 0.25) is 0 Å². The average molecular weight is 529 g/mol. The Labute approximate surface area is 226 Å². The van der Waals surface area contributed by atoms with Gasteiger partial charge >= 0.3 is 0 Å². The molecular weight excluding hydrogens is 499 g/mol. The summed E-state index contributed by atoms with van der Waals surface area (Å²) in [5, 5.41) is 12.0. The van der Waals surface area contributed by atoms with Crippen LogP contribution in [-0.4, -0.2) is 53.0 Å². The number of amides is 2. The molecule has 0 unspecified atom stereocenters. The quantitative estimate of drug-likeness (QED) is 0.484. The first-order valence-electron chi connectivity index (χ1n) is 13.1. The fourth-order valence-electron chi connectivity index (χ4n) is 4.94. The van der Waals surface area contributed by atoms with Gasteiger partial charge in [-0.3, -0.25) is 14.6 Å². The Balaban J connectivity index is 1.07. The molecule has 2 amide bonds. The van der Waals surface area contributed by atoms with Crippen LogP contribution in [0.5, 0.6) is 11.5 Å². The molecule has 0 radical (unpaired) electrons. The van der Waals surface area contributed by atoms with Crippen molar-refractivity contribution in [3.8, 4) is 17.6 Å².